The molecule has 1 aliphatic rings. The smallest absolute Gasteiger partial charge is 0.225 e. The summed E-state index contributed by atoms with van der Waals surface area (Å²) < 4.78 is 0. The molecule has 0 saturated carbocycles. The zero-order valence-electron chi connectivity index (χ0n) is 12.9. The molecule has 0 bridgehead atoms. The Balaban J connectivity index is 0.00000242. The maximum absolute atomic E-state index is 8.98. The van der Waals surface area contributed by atoms with E-state index in [1.165, 1.54) is 0 Å². The second kappa shape index (κ2) is 8.12. The van der Waals surface area contributed by atoms with Gasteiger partial charge in [-0.05, 0) is 19.9 Å². The third kappa shape index (κ3) is 4.98. The molecule has 0 atom stereocenters. The van der Waals surface area contributed by atoms with E-state index in [2.05, 4.69) is 25.9 Å². The predicted octanol–water partition coefficient (Wildman–Crippen LogP) is 1.08. The van der Waals surface area contributed by atoms with Gasteiger partial charge in [0.05, 0.1) is 18.0 Å². The van der Waals surface area contributed by atoms with Gasteiger partial charge in [-0.2, -0.15) is 5.26 Å². The molecule has 0 unspecified atom stereocenters. The van der Waals surface area contributed by atoms with Crippen LogP contribution in [0.15, 0.2) is 23.5 Å². The van der Waals surface area contributed by atoms with Crippen molar-refractivity contribution in [3.05, 3.63) is 18.5 Å². The Kier molecular flexibility index (Phi) is 6.80. The van der Waals surface area contributed by atoms with E-state index < -0.39 is 5.41 Å². The fourth-order valence-corrected chi connectivity index (χ4v) is 2.00. The second-order valence-corrected chi connectivity index (χ2v) is 5.69. The SMILES string of the molecule is CC(C)(C#N)CN=C(N)N1CCN(c2ncccn2)CC1.I. The van der Waals surface area contributed by atoms with Crippen molar-refractivity contribution in [1.82, 2.24) is 14.9 Å². The molecule has 22 heavy (non-hydrogen) atoms. The molecule has 0 aromatic carbocycles. The van der Waals surface area contributed by atoms with Gasteiger partial charge in [-0.25, -0.2) is 9.97 Å². The first-order chi connectivity index (χ1) is 10.0. The van der Waals surface area contributed by atoms with E-state index in [-0.39, 0.29) is 24.0 Å². The second-order valence-electron chi connectivity index (χ2n) is 5.69. The normalized spacial score (nSPS) is 16.0. The van der Waals surface area contributed by atoms with Crippen molar-refractivity contribution >= 4 is 35.9 Å². The third-order valence-corrected chi connectivity index (χ3v) is 3.38. The topological polar surface area (TPSA) is 94.4 Å². The minimum absolute atomic E-state index is 0. The highest BCUT2D eigenvalue weighted by molar-refractivity contribution is 14.0. The fourth-order valence-electron chi connectivity index (χ4n) is 2.00. The maximum Gasteiger partial charge on any atom is 0.225 e. The van der Waals surface area contributed by atoms with Crippen LogP contribution in [0.4, 0.5) is 5.95 Å². The van der Waals surface area contributed by atoms with E-state index in [1.54, 1.807) is 18.5 Å². The van der Waals surface area contributed by atoms with E-state index in [0.29, 0.717) is 12.5 Å². The summed E-state index contributed by atoms with van der Waals surface area (Å²) in [6.07, 6.45) is 3.49. The van der Waals surface area contributed by atoms with E-state index in [1.807, 2.05) is 18.7 Å². The van der Waals surface area contributed by atoms with Gasteiger partial charge >= 0.3 is 0 Å². The summed E-state index contributed by atoms with van der Waals surface area (Å²) in [4.78, 5) is 17.0. The summed E-state index contributed by atoms with van der Waals surface area (Å²) >= 11 is 0. The van der Waals surface area contributed by atoms with Gasteiger partial charge in [0.25, 0.3) is 0 Å². The highest BCUT2D eigenvalue weighted by atomic mass is 127. The standard InChI is InChI=1S/C14H21N7.HI/c1-14(2,10-15)11-19-12(16)20-6-8-21(9-7-20)13-17-4-3-5-18-13;/h3-5H,6-9,11H2,1-2H3,(H2,16,19);1H. The minimum atomic E-state index is -0.482. The van der Waals surface area contributed by atoms with E-state index in [4.69, 9.17) is 11.0 Å². The fraction of sp³-hybridized carbons (Fsp3) is 0.571. The van der Waals surface area contributed by atoms with E-state index in [0.717, 1.165) is 32.1 Å². The molecular formula is C14H22IN7. The number of hydrogen-bond acceptors (Lipinski definition) is 5. The van der Waals surface area contributed by atoms with Crippen LogP contribution in [0, 0.1) is 16.7 Å². The highest BCUT2D eigenvalue weighted by Gasteiger charge is 2.21. The number of piperazine rings is 1. The Bertz CT molecular complexity index is 530. The molecule has 0 aliphatic carbocycles. The number of nitrogens with zero attached hydrogens (tertiary/aromatic N) is 6. The van der Waals surface area contributed by atoms with Gasteiger partial charge in [-0.3, -0.25) is 4.99 Å². The van der Waals surface area contributed by atoms with Gasteiger partial charge in [0.2, 0.25) is 5.95 Å². The van der Waals surface area contributed by atoms with Crippen LogP contribution in [0.1, 0.15) is 13.8 Å². The predicted molar refractivity (Wildman–Crippen MR) is 97.1 cm³/mol. The van der Waals surface area contributed by atoms with Crippen molar-refractivity contribution < 1.29 is 0 Å². The molecule has 1 aromatic heterocycles. The molecule has 1 aliphatic heterocycles. The van der Waals surface area contributed by atoms with Gasteiger partial charge in [0, 0.05) is 38.6 Å². The van der Waals surface area contributed by atoms with Gasteiger partial charge in [-0.15, -0.1) is 24.0 Å². The molecule has 120 valence electrons. The van der Waals surface area contributed by atoms with Crippen molar-refractivity contribution in [3.8, 4) is 6.07 Å². The summed E-state index contributed by atoms with van der Waals surface area (Å²) in [6.45, 7) is 7.30. The summed E-state index contributed by atoms with van der Waals surface area (Å²) in [5.74, 6) is 1.25. The largest absolute Gasteiger partial charge is 0.370 e. The Morgan fingerprint density at radius 2 is 1.91 bits per heavy atom. The van der Waals surface area contributed by atoms with Crippen LogP contribution in [0.5, 0.6) is 0 Å². The lowest BCUT2D eigenvalue weighted by atomic mass is 9.96. The summed E-state index contributed by atoms with van der Waals surface area (Å²) in [5.41, 5.74) is 5.53. The number of aromatic nitrogens is 2. The molecule has 7 nitrogen and oxygen atoms in total. The number of guanidine groups is 1. The van der Waals surface area contributed by atoms with Crippen molar-refractivity contribution in [1.29, 1.82) is 5.26 Å². The number of halogens is 1. The van der Waals surface area contributed by atoms with Gasteiger partial charge < -0.3 is 15.5 Å². The van der Waals surface area contributed by atoms with E-state index in [9.17, 15) is 0 Å². The summed E-state index contributed by atoms with van der Waals surface area (Å²) in [6, 6.07) is 4.03. The quantitative estimate of drug-likeness (QED) is 0.451. The number of aliphatic imine (C=N–C) groups is 1. The first kappa shape index (κ1) is 18.4. The zero-order chi connectivity index (χ0) is 15.3. The lowest BCUT2D eigenvalue weighted by molar-refractivity contribution is 0.375. The van der Waals surface area contributed by atoms with Crippen molar-refractivity contribution in [3.63, 3.8) is 0 Å². The summed E-state index contributed by atoms with van der Waals surface area (Å²) in [5, 5.41) is 8.98. The third-order valence-electron chi connectivity index (χ3n) is 3.38. The molecule has 1 aromatic rings. The lowest BCUT2D eigenvalue weighted by Gasteiger charge is -2.35. The van der Waals surface area contributed by atoms with Crippen molar-refractivity contribution in [2.24, 2.45) is 16.1 Å². The van der Waals surface area contributed by atoms with Gasteiger partial charge in [-0.1, -0.05) is 0 Å². The highest BCUT2D eigenvalue weighted by Crippen LogP contribution is 2.14. The van der Waals surface area contributed by atoms with Crippen molar-refractivity contribution in [2.45, 2.75) is 13.8 Å². The molecule has 0 amide bonds. The Hall–Kier alpha value is -1.63. The average molecular weight is 415 g/mol. The molecule has 8 heteroatoms. The number of rotatable bonds is 3. The van der Waals surface area contributed by atoms with Gasteiger partial charge in [0.1, 0.15) is 0 Å². The zero-order valence-corrected chi connectivity index (χ0v) is 15.3. The molecule has 2 heterocycles. The van der Waals surface area contributed by atoms with Crippen LogP contribution in [0.2, 0.25) is 0 Å². The molecule has 0 spiro atoms. The number of anilines is 1. The maximum atomic E-state index is 8.98. The van der Waals surface area contributed by atoms with Crippen LogP contribution in [-0.2, 0) is 0 Å². The molecule has 2 rings (SSSR count). The molecule has 2 N–H and O–H groups in total. The Morgan fingerprint density at radius 3 is 2.45 bits per heavy atom. The molecular weight excluding hydrogens is 393 g/mol. The van der Waals surface area contributed by atoms with Crippen LogP contribution < -0.4 is 10.6 Å². The lowest BCUT2D eigenvalue weighted by Crippen LogP contribution is -2.51. The minimum Gasteiger partial charge on any atom is -0.370 e. The van der Waals surface area contributed by atoms with Gasteiger partial charge in [0.15, 0.2) is 5.96 Å². The van der Waals surface area contributed by atoms with Crippen molar-refractivity contribution in [2.75, 3.05) is 37.6 Å². The van der Waals surface area contributed by atoms with Crippen LogP contribution >= 0.6 is 24.0 Å². The molecule has 1 saturated heterocycles. The Labute approximate surface area is 148 Å². The van der Waals surface area contributed by atoms with Crippen LogP contribution in [0.25, 0.3) is 0 Å². The van der Waals surface area contributed by atoms with Crippen LogP contribution in [-0.4, -0.2) is 53.6 Å². The number of nitriles is 1. The number of hydrogen-bond donors (Lipinski definition) is 1. The molecule has 0 radical (unpaired) electrons. The number of nitrogens with two attached hydrogens (primary N) is 1. The average Bonchev–Trinajstić information content (AvgIpc) is 2.54. The first-order valence-electron chi connectivity index (χ1n) is 7.00. The summed E-state index contributed by atoms with van der Waals surface area (Å²) in [7, 11) is 0. The molecule has 1 fully saturated rings. The monoisotopic (exact) mass is 415 g/mol. The van der Waals surface area contributed by atoms with Crippen LogP contribution in [0.3, 0.4) is 0 Å². The first-order valence-corrected chi connectivity index (χ1v) is 7.00. The van der Waals surface area contributed by atoms with E-state index >= 15 is 0 Å². The Morgan fingerprint density at radius 1 is 1.32 bits per heavy atom.